The highest BCUT2D eigenvalue weighted by Crippen LogP contribution is 2.27. The van der Waals surface area contributed by atoms with Crippen LogP contribution in [0.25, 0.3) is 0 Å². The molecule has 2 rings (SSSR count). The highest BCUT2D eigenvalue weighted by atomic mass is 19.1. The van der Waals surface area contributed by atoms with Crippen LogP contribution >= 0.6 is 0 Å². The molecular formula is C13H17F2NO. The smallest absolute Gasteiger partial charge is 0.126 e. The summed E-state index contributed by atoms with van der Waals surface area (Å²) in [7, 11) is 1.67. The van der Waals surface area contributed by atoms with Crippen molar-refractivity contribution in [3.05, 3.63) is 35.4 Å². The highest BCUT2D eigenvalue weighted by molar-refractivity contribution is 5.20. The molecule has 0 radical (unpaired) electrons. The standard InChI is InChI=1S/C13H17F2NO/c1-17-13(2-4-16-5-3-13)9-10-6-11(14)8-12(15)7-10/h6-8,16H,2-5,9H2,1H3. The van der Waals surface area contributed by atoms with Crippen molar-refractivity contribution in [2.45, 2.75) is 24.9 Å². The molecule has 1 saturated heterocycles. The maximum atomic E-state index is 13.1. The molecule has 1 fully saturated rings. The fraction of sp³-hybridized carbons (Fsp3) is 0.538. The molecule has 0 spiro atoms. The maximum Gasteiger partial charge on any atom is 0.126 e. The number of piperidine rings is 1. The van der Waals surface area contributed by atoms with E-state index in [1.807, 2.05) is 0 Å². The van der Waals surface area contributed by atoms with Crippen molar-refractivity contribution in [1.82, 2.24) is 5.32 Å². The van der Waals surface area contributed by atoms with Crippen molar-refractivity contribution in [2.75, 3.05) is 20.2 Å². The van der Waals surface area contributed by atoms with E-state index in [1.54, 1.807) is 7.11 Å². The predicted octanol–water partition coefficient (Wildman–Crippen LogP) is 2.28. The van der Waals surface area contributed by atoms with E-state index in [0.717, 1.165) is 32.0 Å². The summed E-state index contributed by atoms with van der Waals surface area (Å²) in [5, 5.41) is 3.25. The molecule has 4 heteroatoms. The van der Waals surface area contributed by atoms with Crippen LogP contribution in [-0.4, -0.2) is 25.8 Å². The Labute approximate surface area is 100.0 Å². The van der Waals surface area contributed by atoms with E-state index in [0.29, 0.717) is 12.0 Å². The van der Waals surface area contributed by atoms with Crippen molar-refractivity contribution in [3.8, 4) is 0 Å². The lowest BCUT2D eigenvalue weighted by molar-refractivity contribution is -0.0334. The summed E-state index contributed by atoms with van der Waals surface area (Å²) in [6, 6.07) is 3.66. The molecule has 0 atom stereocenters. The third-order valence-corrected chi connectivity index (χ3v) is 3.40. The van der Waals surface area contributed by atoms with E-state index < -0.39 is 11.6 Å². The average Bonchev–Trinajstić information content (AvgIpc) is 2.29. The molecule has 94 valence electrons. The molecule has 0 aliphatic carbocycles. The average molecular weight is 241 g/mol. The molecule has 1 aliphatic heterocycles. The van der Waals surface area contributed by atoms with Gasteiger partial charge in [0.1, 0.15) is 11.6 Å². The van der Waals surface area contributed by atoms with Gasteiger partial charge in [-0.05, 0) is 43.6 Å². The van der Waals surface area contributed by atoms with E-state index in [4.69, 9.17) is 4.74 Å². The van der Waals surface area contributed by atoms with Gasteiger partial charge in [-0.3, -0.25) is 0 Å². The minimum absolute atomic E-state index is 0.286. The second kappa shape index (κ2) is 5.10. The zero-order valence-electron chi connectivity index (χ0n) is 9.93. The minimum Gasteiger partial charge on any atom is -0.378 e. The van der Waals surface area contributed by atoms with Crippen LogP contribution in [0.1, 0.15) is 18.4 Å². The Kier molecular flexibility index (Phi) is 3.74. The van der Waals surface area contributed by atoms with E-state index >= 15 is 0 Å². The second-order valence-corrected chi connectivity index (χ2v) is 4.59. The molecule has 1 aromatic rings. The predicted molar refractivity (Wildman–Crippen MR) is 61.9 cm³/mol. The summed E-state index contributed by atoms with van der Waals surface area (Å²) in [6.45, 7) is 1.76. The van der Waals surface area contributed by atoms with Crippen LogP contribution in [0.4, 0.5) is 8.78 Å². The number of hydrogen-bond donors (Lipinski definition) is 1. The number of halogens is 2. The first-order valence-corrected chi connectivity index (χ1v) is 5.84. The van der Waals surface area contributed by atoms with Crippen LogP contribution in [0, 0.1) is 11.6 Å². The molecule has 1 heterocycles. The first kappa shape index (κ1) is 12.5. The number of rotatable bonds is 3. The summed E-state index contributed by atoms with van der Waals surface area (Å²) >= 11 is 0. The molecular weight excluding hydrogens is 224 g/mol. The quantitative estimate of drug-likeness (QED) is 0.876. The molecule has 0 amide bonds. The van der Waals surface area contributed by atoms with Gasteiger partial charge in [-0.2, -0.15) is 0 Å². The van der Waals surface area contributed by atoms with Gasteiger partial charge < -0.3 is 10.1 Å². The van der Waals surface area contributed by atoms with Crippen molar-refractivity contribution in [1.29, 1.82) is 0 Å². The molecule has 1 aliphatic rings. The molecule has 0 unspecified atom stereocenters. The van der Waals surface area contributed by atoms with Crippen molar-refractivity contribution < 1.29 is 13.5 Å². The van der Waals surface area contributed by atoms with Gasteiger partial charge in [0.05, 0.1) is 5.60 Å². The van der Waals surface area contributed by atoms with Gasteiger partial charge in [0.25, 0.3) is 0 Å². The summed E-state index contributed by atoms with van der Waals surface area (Å²) in [6.07, 6.45) is 2.28. The number of ether oxygens (including phenoxy) is 1. The van der Waals surface area contributed by atoms with Gasteiger partial charge in [0, 0.05) is 19.6 Å². The van der Waals surface area contributed by atoms with E-state index in [1.165, 1.54) is 12.1 Å². The van der Waals surface area contributed by atoms with Gasteiger partial charge in [0.15, 0.2) is 0 Å². The normalized spacial score (nSPS) is 19.2. The molecule has 0 saturated carbocycles. The summed E-state index contributed by atoms with van der Waals surface area (Å²) in [5.41, 5.74) is 0.372. The zero-order chi connectivity index (χ0) is 12.3. The SMILES string of the molecule is COC1(Cc2cc(F)cc(F)c2)CCNCC1. The Morgan fingerprint density at radius 3 is 2.29 bits per heavy atom. The Morgan fingerprint density at radius 2 is 1.76 bits per heavy atom. The highest BCUT2D eigenvalue weighted by Gasteiger charge is 2.32. The molecule has 1 aromatic carbocycles. The Hall–Kier alpha value is -1.00. The number of benzene rings is 1. The largest absolute Gasteiger partial charge is 0.378 e. The van der Waals surface area contributed by atoms with E-state index in [9.17, 15) is 8.78 Å². The lowest BCUT2D eigenvalue weighted by Gasteiger charge is -2.36. The van der Waals surface area contributed by atoms with Gasteiger partial charge in [-0.15, -0.1) is 0 Å². The zero-order valence-corrected chi connectivity index (χ0v) is 9.93. The van der Waals surface area contributed by atoms with E-state index in [-0.39, 0.29) is 5.60 Å². The summed E-state index contributed by atoms with van der Waals surface area (Å²) in [4.78, 5) is 0. The lowest BCUT2D eigenvalue weighted by Crippen LogP contribution is -2.45. The van der Waals surface area contributed by atoms with Gasteiger partial charge in [0.2, 0.25) is 0 Å². The summed E-state index contributed by atoms with van der Waals surface area (Å²) < 4.78 is 31.8. The maximum absolute atomic E-state index is 13.1. The molecule has 2 nitrogen and oxygen atoms in total. The van der Waals surface area contributed by atoms with Crippen molar-refractivity contribution in [3.63, 3.8) is 0 Å². The lowest BCUT2D eigenvalue weighted by atomic mass is 9.85. The third-order valence-electron chi connectivity index (χ3n) is 3.40. The van der Waals surface area contributed by atoms with Crippen LogP contribution in [0.5, 0.6) is 0 Å². The number of nitrogens with one attached hydrogen (secondary N) is 1. The molecule has 17 heavy (non-hydrogen) atoms. The fourth-order valence-corrected chi connectivity index (χ4v) is 2.42. The van der Waals surface area contributed by atoms with Crippen LogP contribution in [0.15, 0.2) is 18.2 Å². The van der Waals surface area contributed by atoms with Crippen LogP contribution in [-0.2, 0) is 11.2 Å². The van der Waals surface area contributed by atoms with Gasteiger partial charge >= 0.3 is 0 Å². The Bertz CT molecular complexity index is 369. The third kappa shape index (κ3) is 3.01. The Morgan fingerprint density at radius 1 is 1.18 bits per heavy atom. The fourth-order valence-electron chi connectivity index (χ4n) is 2.42. The van der Waals surface area contributed by atoms with Crippen molar-refractivity contribution >= 4 is 0 Å². The number of methoxy groups -OCH3 is 1. The molecule has 1 N–H and O–H groups in total. The Balaban J connectivity index is 2.17. The van der Waals surface area contributed by atoms with Gasteiger partial charge in [-0.25, -0.2) is 8.78 Å². The first-order chi connectivity index (χ1) is 8.13. The summed E-state index contributed by atoms with van der Waals surface area (Å²) in [5.74, 6) is -1.06. The number of hydrogen-bond acceptors (Lipinski definition) is 2. The van der Waals surface area contributed by atoms with Crippen LogP contribution < -0.4 is 5.32 Å². The topological polar surface area (TPSA) is 21.3 Å². The van der Waals surface area contributed by atoms with Crippen LogP contribution in [0.2, 0.25) is 0 Å². The van der Waals surface area contributed by atoms with Gasteiger partial charge in [-0.1, -0.05) is 0 Å². The first-order valence-electron chi connectivity index (χ1n) is 5.84. The molecule has 0 aromatic heterocycles. The minimum atomic E-state index is -0.528. The van der Waals surface area contributed by atoms with E-state index in [2.05, 4.69) is 5.32 Å². The van der Waals surface area contributed by atoms with Crippen LogP contribution in [0.3, 0.4) is 0 Å². The van der Waals surface area contributed by atoms with Crippen molar-refractivity contribution in [2.24, 2.45) is 0 Å². The monoisotopic (exact) mass is 241 g/mol. The second-order valence-electron chi connectivity index (χ2n) is 4.59. The molecule has 0 bridgehead atoms.